The number of anilines is 1. The molecule has 2 N–H and O–H groups in total. The maximum atomic E-state index is 12.0. The maximum Gasteiger partial charge on any atom is 0.181 e. The molecule has 94 valence electrons. The van der Waals surface area contributed by atoms with Gasteiger partial charge in [0.2, 0.25) is 0 Å². The van der Waals surface area contributed by atoms with Crippen LogP contribution in [0.5, 0.6) is 0 Å². The summed E-state index contributed by atoms with van der Waals surface area (Å²) in [6.45, 7) is 0. The van der Waals surface area contributed by atoms with Gasteiger partial charge in [0.1, 0.15) is 0 Å². The third-order valence-electron chi connectivity index (χ3n) is 2.46. The van der Waals surface area contributed by atoms with Gasteiger partial charge in [-0.3, -0.25) is 4.21 Å². The second-order valence-corrected chi connectivity index (χ2v) is 6.65. The van der Waals surface area contributed by atoms with E-state index in [1.165, 1.54) is 11.3 Å². The molecule has 0 aliphatic carbocycles. The second kappa shape index (κ2) is 5.94. The zero-order valence-electron chi connectivity index (χ0n) is 9.76. The van der Waals surface area contributed by atoms with Crippen LogP contribution in [0.4, 0.5) is 5.69 Å². The van der Waals surface area contributed by atoms with E-state index in [4.69, 9.17) is 11.0 Å². The van der Waals surface area contributed by atoms with E-state index in [9.17, 15) is 4.21 Å². The number of nitrogen functional groups attached to an aromatic ring is 1. The number of benzene rings is 1. The molecule has 0 fully saturated rings. The summed E-state index contributed by atoms with van der Waals surface area (Å²) in [5, 5.41) is 8.42. The van der Waals surface area contributed by atoms with Gasteiger partial charge in [0.25, 0.3) is 0 Å². The summed E-state index contributed by atoms with van der Waals surface area (Å²) in [6, 6.07) is 7.57. The molecule has 0 saturated heterocycles. The van der Waals surface area contributed by atoms with Gasteiger partial charge >= 0.3 is 0 Å². The first-order valence-electron chi connectivity index (χ1n) is 5.62. The average Bonchev–Trinajstić information content (AvgIpc) is 2.77. The fourth-order valence-electron chi connectivity index (χ4n) is 1.54. The van der Waals surface area contributed by atoms with Crippen LogP contribution >= 0.6 is 11.3 Å². The van der Waals surface area contributed by atoms with Crippen molar-refractivity contribution in [3.8, 4) is 6.07 Å². The van der Waals surface area contributed by atoms with E-state index >= 15 is 0 Å². The summed E-state index contributed by atoms with van der Waals surface area (Å²) in [4.78, 5) is 4.35. The third kappa shape index (κ3) is 3.06. The maximum absolute atomic E-state index is 12.0. The lowest BCUT2D eigenvalue weighted by Crippen LogP contribution is -1.97. The molecule has 1 aromatic carbocycles. The molecule has 1 atom stereocenters. The monoisotopic (exact) mass is 279 g/mol. The topological polar surface area (TPSA) is 79.8 Å². The Kier molecular flexibility index (Phi) is 4.28. The van der Waals surface area contributed by atoms with Crippen molar-refractivity contribution in [2.75, 3.05) is 11.5 Å². The molecule has 0 amide bonds. The Labute approximate surface area is 112 Å². The van der Waals surface area contributed by atoms with Gasteiger partial charge in [-0.25, -0.2) is 4.98 Å². The normalized spacial score (nSPS) is 12.4. The fraction of sp³-hybridized carbons (Fsp3) is 0.333. The molecule has 0 saturated carbocycles. The van der Waals surface area contributed by atoms with Crippen molar-refractivity contribution in [2.45, 2.75) is 23.6 Å². The van der Waals surface area contributed by atoms with Crippen molar-refractivity contribution < 1.29 is 4.21 Å². The van der Waals surface area contributed by atoms with Crippen molar-refractivity contribution >= 4 is 38.0 Å². The predicted octanol–water partition coefficient (Wildman–Crippen LogP) is 2.68. The molecule has 2 rings (SSSR count). The van der Waals surface area contributed by atoms with Crippen LogP contribution in [0.2, 0.25) is 0 Å². The summed E-state index contributed by atoms with van der Waals surface area (Å²) in [5.74, 6) is 0.566. The Balaban J connectivity index is 2.07. The van der Waals surface area contributed by atoms with Gasteiger partial charge in [-0.1, -0.05) is 0 Å². The van der Waals surface area contributed by atoms with Gasteiger partial charge in [0, 0.05) is 17.9 Å². The summed E-state index contributed by atoms with van der Waals surface area (Å²) in [6.07, 6.45) is 2.10. The van der Waals surface area contributed by atoms with Crippen LogP contribution < -0.4 is 5.73 Å². The lowest BCUT2D eigenvalue weighted by molar-refractivity contribution is 0.678. The van der Waals surface area contributed by atoms with Crippen LogP contribution in [0.25, 0.3) is 10.2 Å². The summed E-state index contributed by atoms with van der Waals surface area (Å²) < 4.78 is 13.6. The van der Waals surface area contributed by atoms with Crippen molar-refractivity contribution in [3.63, 3.8) is 0 Å². The zero-order valence-corrected chi connectivity index (χ0v) is 11.4. The molecule has 4 nitrogen and oxygen atoms in total. The van der Waals surface area contributed by atoms with E-state index in [2.05, 4.69) is 11.1 Å². The largest absolute Gasteiger partial charge is 0.399 e. The molecule has 1 unspecified atom stereocenters. The number of hydrogen-bond acceptors (Lipinski definition) is 5. The number of unbranched alkanes of at least 4 members (excludes halogenated alkanes) is 2. The first-order chi connectivity index (χ1) is 8.70. The Morgan fingerprint density at radius 2 is 2.28 bits per heavy atom. The first-order valence-corrected chi connectivity index (χ1v) is 7.75. The number of nitriles is 1. The molecule has 1 aromatic heterocycles. The zero-order chi connectivity index (χ0) is 13.0. The van der Waals surface area contributed by atoms with Crippen LogP contribution in [0.1, 0.15) is 19.3 Å². The summed E-state index contributed by atoms with van der Waals surface area (Å²) in [7, 11) is -1.07. The van der Waals surface area contributed by atoms with E-state index in [-0.39, 0.29) is 0 Å². The molecule has 0 spiro atoms. The number of aromatic nitrogens is 1. The highest BCUT2D eigenvalue weighted by atomic mass is 32.2. The van der Waals surface area contributed by atoms with Crippen molar-refractivity contribution in [1.82, 2.24) is 4.98 Å². The first kappa shape index (κ1) is 13.0. The molecule has 1 heterocycles. The molecular formula is C12H13N3OS2. The average molecular weight is 279 g/mol. The van der Waals surface area contributed by atoms with Gasteiger partial charge in [0.15, 0.2) is 4.34 Å². The van der Waals surface area contributed by atoms with Gasteiger partial charge in [-0.2, -0.15) is 5.26 Å². The fourth-order valence-corrected chi connectivity index (χ4v) is 4.02. The minimum atomic E-state index is -1.07. The van der Waals surface area contributed by atoms with E-state index < -0.39 is 10.8 Å². The minimum Gasteiger partial charge on any atom is -0.399 e. The van der Waals surface area contributed by atoms with E-state index in [0.29, 0.717) is 22.2 Å². The Morgan fingerprint density at radius 3 is 3.06 bits per heavy atom. The van der Waals surface area contributed by atoms with E-state index in [0.717, 1.165) is 23.1 Å². The Hall–Kier alpha value is -1.45. The molecule has 0 aliphatic heterocycles. The van der Waals surface area contributed by atoms with Gasteiger partial charge < -0.3 is 5.73 Å². The lowest BCUT2D eigenvalue weighted by Gasteiger charge is -1.95. The van der Waals surface area contributed by atoms with Gasteiger partial charge in [0.05, 0.1) is 27.1 Å². The Morgan fingerprint density at radius 1 is 1.44 bits per heavy atom. The third-order valence-corrected chi connectivity index (χ3v) is 5.22. The molecule has 6 heteroatoms. The lowest BCUT2D eigenvalue weighted by atomic mass is 10.3. The van der Waals surface area contributed by atoms with Gasteiger partial charge in [-0.05, 0) is 31.0 Å². The summed E-state index contributed by atoms with van der Waals surface area (Å²) in [5.41, 5.74) is 7.23. The minimum absolute atomic E-state index is 0.521. The van der Waals surface area contributed by atoms with Crippen LogP contribution in [0.15, 0.2) is 22.5 Å². The highest BCUT2D eigenvalue weighted by Crippen LogP contribution is 2.26. The molecule has 2 aromatic rings. The van der Waals surface area contributed by atoms with Crippen LogP contribution in [0, 0.1) is 11.3 Å². The Bertz CT molecular complexity index is 615. The van der Waals surface area contributed by atoms with Crippen LogP contribution in [-0.2, 0) is 10.8 Å². The van der Waals surface area contributed by atoms with E-state index in [1.54, 1.807) is 6.07 Å². The molecular weight excluding hydrogens is 266 g/mol. The standard InChI is InChI=1S/C12H13N3OS2/c13-6-2-1-3-7-18(16)12-15-10-5-4-9(14)8-11(10)17-12/h4-5,8H,1-3,7,14H2. The number of rotatable bonds is 5. The number of nitrogens with zero attached hydrogens (tertiary/aromatic N) is 2. The van der Waals surface area contributed by atoms with Crippen molar-refractivity contribution in [1.29, 1.82) is 5.26 Å². The smallest absolute Gasteiger partial charge is 0.181 e. The van der Waals surface area contributed by atoms with Crippen molar-refractivity contribution in [2.24, 2.45) is 0 Å². The molecule has 0 bridgehead atoms. The number of fused-ring (bicyclic) bond motifs is 1. The predicted molar refractivity (Wildman–Crippen MR) is 74.8 cm³/mol. The van der Waals surface area contributed by atoms with E-state index in [1.807, 2.05) is 12.1 Å². The number of thiazole rings is 1. The number of nitrogens with two attached hydrogens (primary N) is 1. The second-order valence-electron chi connectivity index (χ2n) is 3.87. The van der Waals surface area contributed by atoms with Crippen LogP contribution in [0.3, 0.4) is 0 Å². The highest BCUT2D eigenvalue weighted by molar-refractivity contribution is 7.87. The highest BCUT2D eigenvalue weighted by Gasteiger charge is 2.10. The molecule has 0 aliphatic rings. The molecule has 18 heavy (non-hydrogen) atoms. The van der Waals surface area contributed by atoms with Gasteiger partial charge in [-0.15, -0.1) is 11.3 Å². The molecule has 0 radical (unpaired) electrons. The summed E-state index contributed by atoms with van der Waals surface area (Å²) >= 11 is 1.43. The van der Waals surface area contributed by atoms with Crippen LogP contribution in [-0.4, -0.2) is 14.9 Å². The number of hydrogen-bond donors (Lipinski definition) is 1. The quantitative estimate of drug-likeness (QED) is 0.674. The van der Waals surface area contributed by atoms with Crippen molar-refractivity contribution in [3.05, 3.63) is 18.2 Å². The SMILES string of the molecule is N#CCCCCS(=O)c1nc2ccc(N)cc2s1.